The number of benzene rings is 2. The average molecular weight is 471 g/mol. The van der Waals surface area contributed by atoms with Crippen molar-refractivity contribution >= 4 is 40.1 Å². The van der Waals surface area contributed by atoms with Gasteiger partial charge < -0.3 is 20.4 Å². The van der Waals surface area contributed by atoms with E-state index in [-0.39, 0.29) is 18.9 Å². The number of anilines is 2. The van der Waals surface area contributed by atoms with Gasteiger partial charge in [0.2, 0.25) is 0 Å². The van der Waals surface area contributed by atoms with Gasteiger partial charge in [0, 0.05) is 36.8 Å². The molecule has 0 unspecified atom stereocenters. The number of carbonyl (C=O) groups is 2. The molecule has 1 amide bonds. The third kappa shape index (κ3) is 5.35. The topological polar surface area (TPSA) is 124 Å². The summed E-state index contributed by atoms with van der Waals surface area (Å²) in [7, 11) is 1.92. The molecule has 0 atom stereocenters. The Kier molecular flexibility index (Phi) is 6.86. The van der Waals surface area contributed by atoms with Crippen molar-refractivity contribution in [1.82, 2.24) is 14.5 Å². The highest BCUT2D eigenvalue weighted by molar-refractivity contribution is 6.07. The number of nitrogens with zero attached hydrogens (tertiary/aromatic N) is 4. The molecule has 0 bridgehead atoms. The lowest BCUT2D eigenvalue weighted by Crippen LogP contribution is -2.33. The largest absolute Gasteiger partial charge is 0.481 e. The SMILES string of the molecule is CC(=N)c1ccc(NCc2nc3cc(C(=O)N(CCC(=O)O)c4ccccn4)ccc3n2C)cc1. The Labute approximate surface area is 202 Å². The quantitative estimate of drug-likeness (QED) is 0.317. The summed E-state index contributed by atoms with van der Waals surface area (Å²) >= 11 is 0. The summed E-state index contributed by atoms with van der Waals surface area (Å²) < 4.78 is 1.97. The van der Waals surface area contributed by atoms with Gasteiger partial charge in [-0.05, 0) is 55.0 Å². The molecule has 0 radical (unpaired) electrons. The minimum Gasteiger partial charge on any atom is -0.481 e. The highest BCUT2D eigenvalue weighted by atomic mass is 16.4. The smallest absolute Gasteiger partial charge is 0.305 e. The molecule has 0 aliphatic heterocycles. The van der Waals surface area contributed by atoms with Gasteiger partial charge in [-0.15, -0.1) is 0 Å². The van der Waals surface area contributed by atoms with Crippen LogP contribution < -0.4 is 10.2 Å². The number of aromatic nitrogens is 3. The van der Waals surface area contributed by atoms with Gasteiger partial charge in [0.1, 0.15) is 11.6 Å². The highest BCUT2D eigenvalue weighted by Gasteiger charge is 2.21. The number of hydrogen-bond donors (Lipinski definition) is 3. The van der Waals surface area contributed by atoms with Gasteiger partial charge in [0.25, 0.3) is 5.91 Å². The average Bonchev–Trinajstić information content (AvgIpc) is 3.18. The molecule has 178 valence electrons. The molecule has 9 nitrogen and oxygen atoms in total. The number of amides is 1. The maximum absolute atomic E-state index is 13.3. The summed E-state index contributed by atoms with van der Waals surface area (Å²) in [6, 6.07) is 18.1. The standard InChI is InChI=1S/C26H26N6O3/c1-17(27)18-6-9-20(10-7-18)29-16-24-30-21-15-19(8-11-22(21)31(24)2)26(35)32(14-12-25(33)34)23-5-3-4-13-28-23/h3-11,13,15,27,29H,12,14,16H2,1-2H3,(H,33,34). The fourth-order valence-corrected chi connectivity index (χ4v) is 3.76. The van der Waals surface area contributed by atoms with Gasteiger partial charge in [0.15, 0.2) is 0 Å². The number of pyridine rings is 1. The minimum atomic E-state index is -0.987. The summed E-state index contributed by atoms with van der Waals surface area (Å²) in [5.74, 6) is -0.129. The van der Waals surface area contributed by atoms with Crippen LogP contribution in [0.4, 0.5) is 11.5 Å². The zero-order chi connectivity index (χ0) is 24.9. The second-order valence-corrected chi connectivity index (χ2v) is 8.13. The molecule has 0 saturated heterocycles. The lowest BCUT2D eigenvalue weighted by atomic mass is 10.1. The second-order valence-electron chi connectivity index (χ2n) is 8.13. The van der Waals surface area contributed by atoms with Crippen molar-refractivity contribution in [2.24, 2.45) is 7.05 Å². The van der Waals surface area contributed by atoms with Crippen molar-refractivity contribution < 1.29 is 14.7 Å². The maximum Gasteiger partial charge on any atom is 0.305 e. The second kappa shape index (κ2) is 10.2. The number of hydrogen-bond acceptors (Lipinski definition) is 6. The number of fused-ring (bicyclic) bond motifs is 1. The predicted octanol–water partition coefficient (Wildman–Crippen LogP) is 4.09. The van der Waals surface area contributed by atoms with Gasteiger partial charge in [0.05, 0.1) is 24.0 Å². The van der Waals surface area contributed by atoms with Crippen LogP contribution in [0.1, 0.15) is 35.1 Å². The Morgan fingerprint density at radius 1 is 1.09 bits per heavy atom. The van der Waals surface area contributed by atoms with Crippen LogP contribution in [0.3, 0.4) is 0 Å². The van der Waals surface area contributed by atoms with E-state index in [1.807, 2.05) is 41.9 Å². The zero-order valence-electron chi connectivity index (χ0n) is 19.5. The first kappa shape index (κ1) is 23.6. The molecule has 2 aromatic carbocycles. The van der Waals surface area contributed by atoms with Crippen molar-refractivity contribution in [2.75, 3.05) is 16.8 Å². The van der Waals surface area contributed by atoms with E-state index in [0.717, 1.165) is 22.6 Å². The molecule has 35 heavy (non-hydrogen) atoms. The number of carboxylic acid groups (broad SMARTS) is 1. The van der Waals surface area contributed by atoms with Crippen molar-refractivity contribution in [2.45, 2.75) is 19.9 Å². The third-order valence-electron chi connectivity index (χ3n) is 5.71. The predicted molar refractivity (Wildman–Crippen MR) is 135 cm³/mol. The number of rotatable bonds is 9. The van der Waals surface area contributed by atoms with Gasteiger partial charge >= 0.3 is 5.97 Å². The summed E-state index contributed by atoms with van der Waals surface area (Å²) in [6.45, 7) is 2.25. The Morgan fingerprint density at radius 3 is 2.49 bits per heavy atom. The molecule has 0 saturated carbocycles. The number of nitrogens with one attached hydrogen (secondary N) is 2. The van der Waals surface area contributed by atoms with Crippen LogP contribution in [-0.4, -0.2) is 43.8 Å². The van der Waals surface area contributed by atoms with Gasteiger partial charge in [-0.3, -0.25) is 14.5 Å². The number of imidazole rings is 1. The van der Waals surface area contributed by atoms with Crippen LogP contribution in [0.15, 0.2) is 66.9 Å². The summed E-state index contributed by atoms with van der Waals surface area (Å²) in [5.41, 5.74) is 4.26. The van der Waals surface area contributed by atoms with E-state index in [9.17, 15) is 9.59 Å². The Hall–Kier alpha value is -4.53. The van der Waals surface area contributed by atoms with Crippen LogP contribution in [-0.2, 0) is 18.4 Å². The zero-order valence-corrected chi connectivity index (χ0v) is 19.5. The lowest BCUT2D eigenvalue weighted by molar-refractivity contribution is -0.136. The molecule has 9 heteroatoms. The minimum absolute atomic E-state index is 0.0108. The Bertz CT molecular complexity index is 1380. The van der Waals surface area contributed by atoms with Crippen molar-refractivity contribution in [3.8, 4) is 0 Å². The van der Waals surface area contributed by atoms with Crippen molar-refractivity contribution in [3.05, 3.63) is 83.8 Å². The summed E-state index contributed by atoms with van der Waals surface area (Å²) in [4.78, 5) is 34.8. The Balaban J connectivity index is 1.56. The molecule has 2 aromatic heterocycles. The van der Waals surface area contributed by atoms with Crippen LogP contribution in [0.2, 0.25) is 0 Å². The van der Waals surface area contributed by atoms with Crippen LogP contribution in [0.25, 0.3) is 11.0 Å². The molecule has 0 fully saturated rings. The van der Waals surface area contributed by atoms with E-state index < -0.39 is 5.97 Å². The molecule has 0 aliphatic carbocycles. The summed E-state index contributed by atoms with van der Waals surface area (Å²) in [5, 5.41) is 20.2. The molecular weight excluding hydrogens is 444 g/mol. The number of aryl methyl sites for hydroxylation is 1. The fourth-order valence-electron chi connectivity index (χ4n) is 3.76. The van der Waals surface area contributed by atoms with Crippen LogP contribution >= 0.6 is 0 Å². The molecule has 3 N–H and O–H groups in total. The monoisotopic (exact) mass is 470 g/mol. The van der Waals surface area contributed by atoms with Crippen molar-refractivity contribution in [1.29, 1.82) is 5.41 Å². The van der Waals surface area contributed by atoms with Crippen molar-refractivity contribution in [3.63, 3.8) is 0 Å². The first-order valence-corrected chi connectivity index (χ1v) is 11.1. The van der Waals surface area contributed by atoms with Crippen LogP contribution in [0.5, 0.6) is 0 Å². The molecule has 0 aliphatic rings. The van der Waals surface area contributed by atoms with E-state index in [0.29, 0.717) is 29.2 Å². The molecule has 0 spiro atoms. The molecule has 2 heterocycles. The third-order valence-corrected chi connectivity index (χ3v) is 5.71. The molecule has 4 rings (SSSR count). The van der Waals surface area contributed by atoms with Crippen LogP contribution in [0, 0.1) is 5.41 Å². The van der Waals surface area contributed by atoms with E-state index in [4.69, 9.17) is 15.5 Å². The fraction of sp³-hybridized carbons (Fsp3) is 0.192. The van der Waals surface area contributed by atoms with E-state index in [1.165, 1.54) is 4.90 Å². The lowest BCUT2D eigenvalue weighted by Gasteiger charge is -2.21. The Morgan fingerprint density at radius 2 is 1.83 bits per heavy atom. The number of carbonyl (C=O) groups excluding carboxylic acids is 1. The molecular formula is C26H26N6O3. The number of carboxylic acids is 1. The van der Waals surface area contributed by atoms with E-state index >= 15 is 0 Å². The highest BCUT2D eigenvalue weighted by Crippen LogP contribution is 2.21. The maximum atomic E-state index is 13.3. The normalized spacial score (nSPS) is 10.8. The van der Waals surface area contributed by atoms with Gasteiger partial charge in [-0.2, -0.15) is 0 Å². The summed E-state index contributed by atoms with van der Waals surface area (Å²) in [6.07, 6.45) is 1.38. The van der Waals surface area contributed by atoms with Gasteiger partial charge in [-0.25, -0.2) is 9.97 Å². The van der Waals surface area contributed by atoms with E-state index in [1.54, 1.807) is 43.5 Å². The van der Waals surface area contributed by atoms with E-state index in [2.05, 4.69) is 10.3 Å². The first-order chi connectivity index (χ1) is 16.8. The first-order valence-electron chi connectivity index (χ1n) is 11.1. The number of aliphatic carboxylic acids is 1. The molecule has 4 aromatic rings. The van der Waals surface area contributed by atoms with Gasteiger partial charge in [-0.1, -0.05) is 18.2 Å².